The molecule has 1 aromatic rings. The molecule has 0 saturated carbocycles. The molecule has 1 N–H and O–H groups in total. The fraction of sp³-hybridized carbons (Fsp3) is 0.455. The topological polar surface area (TPSA) is 54.4 Å². The molecule has 0 aliphatic rings. The van der Waals surface area contributed by atoms with Crippen molar-refractivity contribution in [1.29, 1.82) is 0 Å². The third-order valence-corrected chi connectivity index (χ3v) is 3.50. The van der Waals surface area contributed by atoms with Crippen LogP contribution in [0.4, 0.5) is 0 Å². The summed E-state index contributed by atoms with van der Waals surface area (Å²) < 4.78 is 22.9. The standard InChI is InChI=1S/C11H16O3S/c1-3-10(12)8-9-6-4-5-7-11(9)15(2,13)14/h4-7,10,12H,3,8H2,1-2H3. The molecule has 0 radical (unpaired) electrons. The van der Waals surface area contributed by atoms with Crippen LogP contribution in [0.25, 0.3) is 0 Å². The van der Waals surface area contributed by atoms with Gasteiger partial charge in [-0.05, 0) is 24.5 Å². The minimum absolute atomic E-state index is 0.317. The van der Waals surface area contributed by atoms with E-state index in [0.29, 0.717) is 23.3 Å². The van der Waals surface area contributed by atoms with E-state index in [-0.39, 0.29) is 0 Å². The lowest BCUT2D eigenvalue weighted by atomic mass is 10.1. The number of rotatable bonds is 4. The molecule has 0 heterocycles. The Labute approximate surface area is 90.7 Å². The average molecular weight is 228 g/mol. The minimum Gasteiger partial charge on any atom is -0.393 e. The molecule has 0 aromatic heterocycles. The maximum atomic E-state index is 11.4. The summed E-state index contributed by atoms with van der Waals surface area (Å²) in [6.07, 6.45) is 1.72. The van der Waals surface area contributed by atoms with Crippen LogP contribution in [0.2, 0.25) is 0 Å². The molecule has 84 valence electrons. The van der Waals surface area contributed by atoms with Crippen LogP contribution in [0.3, 0.4) is 0 Å². The van der Waals surface area contributed by atoms with Crippen LogP contribution in [-0.2, 0) is 16.3 Å². The summed E-state index contributed by atoms with van der Waals surface area (Å²) >= 11 is 0. The van der Waals surface area contributed by atoms with Gasteiger partial charge in [0.15, 0.2) is 9.84 Å². The van der Waals surface area contributed by atoms with Crippen LogP contribution >= 0.6 is 0 Å². The van der Waals surface area contributed by atoms with Gasteiger partial charge in [0.25, 0.3) is 0 Å². The molecular weight excluding hydrogens is 212 g/mol. The molecule has 15 heavy (non-hydrogen) atoms. The fourth-order valence-electron chi connectivity index (χ4n) is 1.43. The molecule has 0 amide bonds. The number of aliphatic hydroxyl groups is 1. The zero-order valence-corrected chi connectivity index (χ0v) is 9.79. The summed E-state index contributed by atoms with van der Waals surface area (Å²) in [5, 5.41) is 9.51. The van der Waals surface area contributed by atoms with Crippen LogP contribution in [0.15, 0.2) is 29.2 Å². The number of sulfone groups is 1. The smallest absolute Gasteiger partial charge is 0.175 e. The van der Waals surface area contributed by atoms with Gasteiger partial charge in [-0.1, -0.05) is 25.1 Å². The van der Waals surface area contributed by atoms with Gasteiger partial charge < -0.3 is 5.11 Å². The van der Waals surface area contributed by atoms with E-state index >= 15 is 0 Å². The molecular formula is C11H16O3S. The predicted molar refractivity (Wildman–Crippen MR) is 59.6 cm³/mol. The van der Waals surface area contributed by atoms with Crippen LogP contribution in [0, 0.1) is 0 Å². The van der Waals surface area contributed by atoms with Gasteiger partial charge in [0.1, 0.15) is 0 Å². The van der Waals surface area contributed by atoms with Crippen LogP contribution in [-0.4, -0.2) is 25.9 Å². The van der Waals surface area contributed by atoms with Crippen molar-refractivity contribution in [2.75, 3.05) is 6.26 Å². The van der Waals surface area contributed by atoms with Crippen molar-refractivity contribution >= 4 is 9.84 Å². The minimum atomic E-state index is -3.20. The highest BCUT2D eigenvalue weighted by Gasteiger charge is 2.14. The molecule has 1 aromatic carbocycles. The van der Waals surface area contributed by atoms with Crippen molar-refractivity contribution < 1.29 is 13.5 Å². The Balaban J connectivity index is 3.08. The van der Waals surface area contributed by atoms with Gasteiger partial charge in [0, 0.05) is 6.26 Å². The van der Waals surface area contributed by atoms with Crippen molar-refractivity contribution in [3.63, 3.8) is 0 Å². The van der Waals surface area contributed by atoms with Crippen molar-refractivity contribution in [1.82, 2.24) is 0 Å². The van der Waals surface area contributed by atoms with E-state index in [1.165, 1.54) is 6.26 Å². The van der Waals surface area contributed by atoms with Gasteiger partial charge in [-0.3, -0.25) is 0 Å². The molecule has 0 aliphatic heterocycles. The van der Waals surface area contributed by atoms with Crippen molar-refractivity contribution in [3.05, 3.63) is 29.8 Å². The highest BCUT2D eigenvalue weighted by Crippen LogP contribution is 2.17. The van der Waals surface area contributed by atoms with E-state index in [0.717, 1.165) is 0 Å². The lowest BCUT2D eigenvalue weighted by Crippen LogP contribution is -2.11. The van der Waals surface area contributed by atoms with Crippen molar-refractivity contribution in [3.8, 4) is 0 Å². The molecule has 1 atom stereocenters. The van der Waals surface area contributed by atoms with Crippen LogP contribution in [0.1, 0.15) is 18.9 Å². The van der Waals surface area contributed by atoms with Gasteiger partial charge in [-0.15, -0.1) is 0 Å². The first kappa shape index (κ1) is 12.2. The first-order chi connectivity index (χ1) is 6.95. The Morgan fingerprint density at radius 2 is 1.93 bits per heavy atom. The van der Waals surface area contributed by atoms with Crippen molar-refractivity contribution in [2.45, 2.75) is 30.8 Å². The number of aliphatic hydroxyl groups excluding tert-OH is 1. The van der Waals surface area contributed by atoms with Gasteiger partial charge in [-0.25, -0.2) is 8.42 Å². The second kappa shape index (κ2) is 4.77. The average Bonchev–Trinajstić information content (AvgIpc) is 2.17. The van der Waals surface area contributed by atoms with E-state index in [1.807, 2.05) is 6.92 Å². The quantitative estimate of drug-likeness (QED) is 0.847. The molecule has 1 rings (SSSR count). The highest BCUT2D eigenvalue weighted by molar-refractivity contribution is 7.90. The van der Waals surface area contributed by atoms with Gasteiger partial charge in [0.2, 0.25) is 0 Å². The third kappa shape index (κ3) is 3.32. The monoisotopic (exact) mass is 228 g/mol. The first-order valence-corrected chi connectivity index (χ1v) is 6.80. The maximum absolute atomic E-state index is 11.4. The summed E-state index contributed by atoms with van der Waals surface area (Å²) in [5.41, 5.74) is 0.689. The maximum Gasteiger partial charge on any atom is 0.175 e. The summed E-state index contributed by atoms with van der Waals surface area (Å²) in [6.45, 7) is 1.87. The lowest BCUT2D eigenvalue weighted by molar-refractivity contribution is 0.170. The van der Waals surface area contributed by atoms with E-state index in [1.54, 1.807) is 24.3 Å². The normalized spacial score (nSPS) is 13.8. The fourth-order valence-corrected chi connectivity index (χ4v) is 2.39. The number of hydrogen-bond acceptors (Lipinski definition) is 3. The zero-order valence-electron chi connectivity index (χ0n) is 8.97. The SMILES string of the molecule is CCC(O)Cc1ccccc1S(C)(=O)=O. The lowest BCUT2D eigenvalue weighted by Gasteiger charge is -2.11. The van der Waals surface area contributed by atoms with Gasteiger partial charge >= 0.3 is 0 Å². The first-order valence-electron chi connectivity index (χ1n) is 4.91. The number of benzene rings is 1. The molecule has 0 saturated heterocycles. The van der Waals surface area contributed by atoms with Gasteiger partial charge in [0.05, 0.1) is 11.0 Å². The Morgan fingerprint density at radius 1 is 1.33 bits per heavy atom. The summed E-state index contributed by atoms with van der Waals surface area (Å²) in [7, 11) is -3.20. The van der Waals surface area contributed by atoms with E-state index in [4.69, 9.17) is 0 Å². The third-order valence-electron chi connectivity index (χ3n) is 2.30. The molecule has 3 nitrogen and oxygen atoms in total. The van der Waals surface area contributed by atoms with Crippen LogP contribution < -0.4 is 0 Å². The van der Waals surface area contributed by atoms with Crippen LogP contribution in [0.5, 0.6) is 0 Å². The second-order valence-electron chi connectivity index (χ2n) is 3.65. The molecule has 1 unspecified atom stereocenters. The van der Waals surface area contributed by atoms with E-state index < -0.39 is 15.9 Å². The molecule has 0 fully saturated rings. The Morgan fingerprint density at radius 3 is 2.47 bits per heavy atom. The molecule has 0 aliphatic carbocycles. The highest BCUT2D eigenvalue weighted by atomic mass is 32.2. The summed E-state index contributed by atoms with van der Waals surface area (Å²) in [5.74, 6) is 0. The van der Waals surface area contributed by atoms with Gasteiger partial charge in [-0.2, -0.15) is 0 Å². The Kier molecular flexibility index (Phi) is 3.88. The summed E-state index contributed by atoms with van der Waals surface area (Å²) in [6, 6.07) is 6.80. The molecule has 4 heteroatoms. The molecule has 0 bridgehead atoms. The number of hydrogen-bond donors (Lipinski definition) is 1. The molecule has 0 spiro atoms. The Bertz CT molecular complexity index is 423. The Hall–Kier alpha value is -0.870. The largest absolute Gasteiger partial charge is 0.393 e. The van der Waals surface area contributed by atoms with Crippen molar-refractivity contribution in [2.24, 2.45) is 0 Å². The summed E-state index contributed by atoms with van der Waals surface area (Å²) in [4.78, 5) is 0.317. The zero-order chi connectivity index (χ0) is 11.5. The second-order valence-corrected chi connectivity index (χ2v) is 5.63. The van der Waals surface area contributed by atoms with E-state index in [2.05, 4.69) is 0 Å². The van der Waals surface area contributed by atoms with E-state index in [9.17, 15) is 13.5 Å². The predicted octanol–water partition coefficient (Wildman–Crippen LogP) is 1.40.